The van der Waals surface area contributed by atoms with Crippen LogP contribution in [-0.2, 0) is 9.59 Å². The minimum Gasteiger partial charge on any atom is -0.354 e. The standard InChI is InChI=1S/C14H28N4O2/c1-10(2)8-16-13(19)11(3)18-7-6-15-9-12(18)14(20)17(4)5/h10-12,15H,6-9H2,1-5H3,(H,16,19). The van der Waals surface area contributed by atoms with Gasteiger partial charge in [-0.25, -0.2) is 0 Å². The summed E-state index contributed by atoms with van der Waals surface area (Å²) in [5, 5.41) is 6.17. The van der Waals surface area contributed by atoms with Crippen molar-refractivity contribution < 1.29 is 9.59 Å². The Morgan fingerprint density at radius 2 is 2.00 bits per heavy atom. The molecule has 20 heavy (non-hydrogen) atoms. The van der Waals surface area contributed by atoms with Crippen LogP contribution in [0.1, 0.15) is 20.8 Å². The summed E-state index contributed by atoms with van der Waals surface area (Å²) in [6, 6.07) is -0.553. The van der Waals surface area contributed by atoms with Crippen molar-refractivity contribution in [1.82, 2.24) is 20.4 Å². The normalized spacial score (nSPS) is 21.6. The molecule has 0 aromatic rings. The highest BCUT2D eigenvalue weighted by atomic mass is 16.2. The smallest absolute Gasteiger partial charge is 0.240 e. The Hall–Kier alpha value is -1.14. The molecule has 2 unspecified atom stereocenters. The van der Waals surface area contributed by atoms with E-state index in [1.165, 1.54) is 0 Å². The third-order valence-corrected chi connectivity index (χ3v) is 3.57. The third-order valence-electron chi connectivity index (χ3n) is 3.57. The highest BCUT2D eigenvalue weighted by Gasteiger charge is 2.35. The maximum absolute atomic E-state index is 12.2. The molecule has 0 aliphatic carbocycles. The molecular formula is C14H28N4O2. The van der Waals surface area contributed by atoms with E-state index in [4.69, 9.17) is 0 Å². The van der Waals surface area contributed by atoms with Crippen molar-refractivity contribution in [3.05, 3.63) is 0 Å². The first-order valence-corrected chi connectivity index (χ1v) is 7.30. The minimum atomic E-state index is -0.287. The fourth-order valence-corrected chi connectivity index (χ4v) is 2.31. The average molecular weight is 284 g/mol. The predicted octanol–water partition coefficient (Wildman–Crippen LogP) is -0.491. The van der Waals surface area contributed by atoms with Crippen LogP contribution in [0.2, 0.25) is 0 Å². The number of nitrogens with one attached hydrogen (secondary N) is 2. The molecule has 0 spiro atoms. The quantitative estimate of drug-likeness (QED) is 0.715. The summed E-state index contributed by atoms with van der Waals surface area (Å²) in [7, 11) is 3.50. The molecule has 1 aliphatic heterocycles. The second-order valence-electron chi connectivity index (χ2n) is 6.01. The number of amides is 2. The Morgan fingerprint density at radius 3 is 2.55 bits per heavy atom. The highest BCUT2D eigenvalue weighted by Crippen LogP contribution is 2.11. The van der Waals surface area contributed by atoms with Crippen molar-refractivity contribution in [2.45, 2.75) is 32.9 Å². The number of hydrogen-bond donors (Lipinski definition) is 2. The average Bonchev–Trinajstić information content (AvgIpc) is 2.42. The topological polar surface area (TPSA) is 64.7 Å². The van der Waals surface area contributed by atoms with Gasteiger partial charge in [0.25, 0.3) is 0 Å². The maximum Gasteiger partial charge on any atom is 0.240 e. The number of nitrogens with zero attached hydrogens (tertiary/aromatic N) is 2. The van der Waals surface area contributed by atoms with E-state index in [1.807, 2.05) is 11.8 Å². The van der Waals surface area contributed by atoms with Crippen molar-refractivity contribution in [3.8, 4) is 0 Å². The lowest BCUT2D eigenvalue weighted by Crippen LogP contribution is -2.62. The molecule has 116 valence electrons. The lowest BCUT2D eigenvalue weighted by atomic mass is 10.1. The fourth-order valence-electron chi connectivity index (χ4n) is 2.31. The van der Waals surface area contributed by atoms with E-state index in [0.717, 1.165) is 6.54 Å². The van der Waals surface area contributed by atoms with Gasteiger partial charge in [0.05, 0.1) is 6.04 Å². The van der Waals surface area contributed by atoms with Gasteiger partial charge >= 0.3 is 0 Å². The summed E-state index contributed by atoms with van der Waals surface area (Å²) in [6.07, 6.45) is 0. The van der Waals surface area contributed by atoms with Gasteiger partial charge in [-0.2, -0.15) is 0 Å². The molecule has 6 heteroatoms. The van der Waals surface area contributed by atoms with E-state index >= 15 is 0 Å². The number of carbonyl (C=O) groups is 2. The van der Waals surface area contributed by atoms with Crippen molar-refractivity contribution in [2.75, 3.05) is 40.3 Å². The van der Waals surface area contributed by atoms with Crippen LogP contribution in [0.25, 0.3) is 0 Å². The number of hydrogen-bond acceptors (Lipinski definition) is 4. The summed E-state index contributed by atoms with van der Waals surface area (Å²) in [5.74, 6) is 0.464. The van der Waals surface area contributed by atoms with Crippen LogP contribution in [0.15, 0.2) is 0 Å². The maximum atomic E-state index is 12.2. The fraction of sp³-hybridized carbons (Fsp3) is 0.857. The van der Waals surface area contributed by atoms with Crippen LogP contribution in [-0.4, -0.2) is 74.0 Å². The Labute approximate surface area is 121 Å². The Morgan fingerprint density at radius 1 is 1.35 bits per heavy atom. The van der Waals surface area contributed by atoms with E-state index in [9.17, 15) is 9.59 Å². The van der Waals surface area contributed by atoms with Gasteiger partial charge in [-0.15, -0.1) is 0 Å². The first kappa shape index (κ1) is 16.9. The Kier molecular flexibility index (Phi) is 6.42. The van der Waals surface area contributed by atoms with Crippen LogP contribution >= 0.6 is 0 Å². The van der Waals surface area contributed by atoms with E-state index in [0.29, 0.717) is 25.6 Å². The molecular weight excluding hydrogens is 256 g/mol. The van der Waals surface area contributed by atoms with Crippen molar-refractivity contribution >= 4 is 11.8 Å². The van der Waals surface area contributed by atoms with Crippen molar-refractivity contribution in [1.29, 1.82) is 0 Å². The van der Waals surface area contributed by atoms with Crippen molar-refractivity contribution in [3.63, 3.8) is 0 Å². The largest absolute Gasteiger partial charge is 0.354 e. The number of rotatable bonds is 5. The number of likely N-dealkylation sites (N-methyl/N-ethyl adjacent to an activating group) is 1. The zero-order valence-electron chi connectivity index (χ0n) is 13.3. The van der Waals surface area contributed by atoms with Gasteiger partial charge in [0, 0.05) is 40.3 Å². The van der Waals surface area contributed by atoms with E-state index in [1.54, 1.807) is 19.0 Å². The van der Waals surface area contributed by atoms with Gasteiger partial charge in [-0.1, -0.05) is 13.8 Å². The zero-order valence-corrected chi connectivity index (χ0v) is 13.3. The predicted molar refractivity (Wildman–Crippen MR) is 79.4 cm³/mol. The molecule has 0 saturated carbocycles. The Bertz CT molecular complexity index is 344. The third kappa shape index (κ3) is 4.45. The minimum absolute atomic E-state index is 0.00263. The first-order chi connectivity index (χ1) is 9.34. The highest BCUT2D eigenvalue weighted by molar-refractivity contribution is 5.85. The number of carbonyl (C=O) groups excluding carboxylic acids is 2. The second-order valence-corrected chi connectivity index (χ2v) is 6.01. The molecule has 0 aromatic heterocycles. The van der Waals surface area contributed by atoms with Crippen LogP contribution in [0, 0.1) is 5.92 Å². The summed E-state index contributed by atoms with van der Waals surface area (Å²) in [6.45, 7) is 8.78. The first-order valence-electron chi connectivity index (χ1n) is 7.30. The summed E-state index contributed by atoms with van der Waals surface area (Å²) < 4.78 is 0. The molecule has 2 amide bonds. The van der Waals surface area contributed by atoms with Crippen LogP contribution in [0.4, 0.5) is 0 Å². The summed E-state index contributed by atoms with van der Waals surface area (Å²) in [5.41, 5.74) is 0. The molecule has 1 fully saturated rings. The molecule has 1 saturated heterocycles. The second kappa shape index (κ2) is 7.59. The van der Waals surface area contributed by atoms with Gasteiger partial charge < -0.3 is 15.5 Å². The van der Waals surface area contributed by atoms with Gasteiger partial charge in [0.1, 0.15) is 6.04 Å². The van der Waals surface area contributed by atoms with Crippen LogP contribution in [0.3, 0.4) is 0 Å². The monoisotopic (exact) mass is 284 g/mol. The SMILES string of the molecule is CC(C)CNC(=O)C(C)N1CCNCC1C(=O)N(C)C. The van der Waals surface area contributed by atoms with Crippen molar-refractivity contribution in [2.24, 2.45) is 5.92 Å². The van der Waals surface area contributed by atoms with Gasteiger partial charge in [-0.05, 0) is 12.8 Å². The van der Waals surface area contributed by atoms with Gasteiger partial charge in [0.15, 0.2) is 0 Å². The Balaban J connectivity index is 2.69. The van der Waals surface area contributed by atoms with E-state index in [-0.39, 0.29) is 23.9 Å². The molecule has 0 radical (unpaired) electrons. The molecule has 0 bridgehead atoms. The molecule has 0 aromatic carbocycles. The van der Waals surface area contributed by atoms with Gasteiger partial charge in [-0.3, -0.25) is 14.5 Å². The molecule has 6 nitrogen and oxygen atoms in total. The van der Waals surface area contributed by atoms with E-state index in [2.05, 4.69) is 24.5 Å². The number of piperazine rings is 1. The zero-order chi connectivity index (χ0) is 15.3. The summed E-state index contributed by atoms with van der Waals surface area (Å²) >= 11 is 0. The lowest BCUT2D eigenvalue weighted by molar-refractivity contribution is -0.138. The molecule has 2 N–H and O–H groups in total. The molecule has 1 aliphatic rings. The molecule has 1 heterocycles. The van der Waals surface area contributed by atoms with Crippen LogP contribution < -0.4 is 10.6 Å². The molecule has 2 atom stereocenters. The lowest BCUT2D eigenvalue weighted by Gasteiger charge is -2.39. The van der Waals surface area contributed by atoms with Crippen LogP contribution in [0.5, 0.6) is 0 Å². The van der Waals surface area contributed by atoms with E-state index < -0.39 is 0 Å². The van der Waals surface area contributed by atoms with Gasteiger partial charge in [0.2, 0.25) is 11.8 Å². The summed E-state index contributed by atoms with van der Waals surface area (Å²) in [4.78, 5) is 28.0. The molecule has 1 rings (SSSR count).